The highest BCUT2D eigenvalue weighted by atomic mass is 16.3. The number of nitrogens with one attached hydrogen (secondary N) is 2. The van der Waals surface area contributed by atoms with Crippen LogP contribution in [0.2, 0.25) is 0 Å². The van der Waals surface area contributed by atoms with Gasteiger partial charge in [0, 0.05) is 66.6 Å². The minimum Gasteiger partial charge on any atom is -0.378 e. The quantitative estimate of drug-likeness (QED) is 0.155. The molecular weight excluding hydrogens is 781 g/mol. The maximum atomic E-state index is 10.2. The van der Waals surface area contributed by atoms with Gasteiger partial charge in [0.25, 0.3) is 0 Å². The Kier molecular flexibility index (Phi) is 10.3. The van der Waals surface area contributed by atoms with Crippen molar-refractivity contribution in [1.29, 1.82) is 0 Å². The lowest BCUT2D eigenvalue weighted by atomic mass is 10.0. The fraction of sp³-hybridized carbons (Fsp3) is 0.0508. The van der Waals surface area contributed by atoms with Crippen molar-refractivity contribution in [1.82, 2.24) is 19.9 Å². The predicted octanol–water partition coefficient (Wildman–Crippen LogP) is 12.8. The number of H-pyrrole nitrogens is 2. The van der Waals surface area contributed by atoms with Gasteiger partial charge >= 0.3 is 0 Å². The summed E-state index contributed by atoms with van der Waals surface area (Å²) in [5, 5.41) is 10.2. The van der Waals surface area contributed by atoms with Crippen molar-refractivity contribution in [3.63, 3.8) is 0 Å². The van der Waals surface area contributed by atoms with Crippen molar-refractivity contribution >= 4 is 46.4 Å². The van der Waals surface area contributed by atoms with E-state index in [2.05, 4.69) is 173 Å². The molecule has 8 bridgehead atoms. The van der Waals surface area contributed by atoms with E-state index in [1.54, 1.807) is 13.8 Å². The Labute approximate surface area is 372 Å². The lowest BCUT2D eigenvalue weighted by Gasteiger charge is -2.07. The fourth-order valence-corrected chi connectivity index (χ4v) is 8.18. The molecule has 0 atom stereocenters. The van der Waals surface area contributed by atoms with Crippen LogP contribution in [0.5, 0.6) is 0 Å². The van der Waals surface area contributed by atoms with Crippen LogP contribution in [0, 0.1) is 36.0 Å². The maximum Gasteiger partial charge on any atom is 0.120 e. The van der Waals surface area contributed by atoms with Crippen molar-refractivity contribution < 1.29 is 5.11 Å². The molecule has 0 unspecified atom stereocenters. The number of terminal acetylenes is 1. The third kappa shape index (κ3) is 8.10. The molecular formula is C59H40N4O. The van der Waals surface area contributed by atoms with Gasteiger partial charge in [-0.3, -0.25) is 0 Å². The lowest BCUT2D eigenvalue weighted by molar-refractivity contribution is 0.143. The zero-order valence-corrected chi connectivity index (χ0v) is 35.2. The van der Waals surface area contributed by atoms with Crippen molar-refractivity contribution in [3.8, 4) is 80.5 Å². The van der Waals surface area contributed by atoms with Crippen LogP contribution in [0.15, 0.2) is 158 Å². The van der Waals surface area contributed by atoms with E-state index in [-0.39, 0.29) is 0 Å². The molecule has 10 rings (SSSR count). The number of aliphatic hydroxyl groups is 1. The van der Waals surface area contributed by atoms with E-state index < -0.39 is 5.60 Å². The van der Waals surface area contributed by atoms with Crippen molar-refractivity contribution in [3.05, 3.63) is 203 Å². The average Bonchev–Trinajstić information content (AvgIpc) is 4.17. The normalized spacial score (nSPS) is 11.6. The van der Waals surface area contributed by atoms with Crippen molar-refractivity contribution in [2.24, 2.45) is 0 Å². The first-order valence-electron chi connectivity index (χ1n) is 21.1. The summed E-state index contributed by atoms with van der Waals surface area (Å²) in [4.78, 5) is 18.5. The van der Waals surface area contributed by atoms with Crippen LogP contribution >= 0.6 is 0 Å². The molecule has 0 radical (unpaired) electrons. The molecule has 5 heteroatoms. The molecule has 0 fully saturated rings. The molecule has 0 saturated carbocycles. The smallest absolute Gasteiger partial charge is 0.120 e. The van der Waals surface area contributed by atoms with Crippen LogP contribution in [0.4, 0.5) is 0 Å². The van der Waals surface area contributed by atoms with Gasteiger partial charge in [-0.15, -0.1) is 6.42 Å². The summed E-state index contributed by atoms with van der Waals surface area (Å²) in [7, 11) is 0. The highest BCUT2D eigenvalue weighted by Crippen LogP contribution is 2.38. The maximum absolute atomic E-state index is 10.2. The molecule has 3 aromatic heterocycles. The van der Waals surface area contributed by atoms with Gasteiger partial charge < -0.3 is 15.1 Å². The summed E-state index contributed by atoms with van der Waals surface area (Å²) < 4.78 is 0. The Morgan fingerprint density at radius 2 is 0.766 bits per heavy atom. The van der Waals surface area contributed by atoms with Gasteiger partial charge in [0.1, 0.15) is 5.60 Å². The summed E-state index contributed by atoms with van der Waals surface area (Å²) in [5.74, 6) is 15.2. The first-order chi connectivity index (χ1) is 31.3. The molecule has 5 aromatic carbocycles. The number of aromatic amines is 2. The molecule has 0 aliphatic carbocycles. The van der Waals surface area contributed by atoms with Crippen LogP contribution < -0.4 is 0 Å². The van der Waals surface area contributed by atoms with Gasteiger partial charge in [-0.1, -0.05) is 133 Å². The van der Waals surface area contributed by atoms with E-state index in [4.69, 9.17) is 16.4 Å². The van der Waals surface area contributed by atoms with Crippen molar-refractivity contribution in [2.45, 2.75) is 19.4 Å². The van der Waals surface area contributed by atoms with E-state index in [0.29, 0.717) is 11.1 Å². The van der Waals surface area contributed by atoms with Crippen LogP contribution in [-0.2, 0) is 0 Å². The summed E-state index contributed by atoms with van der Waals surface area (Å²) in [5.41, 5.74) is 17.1. The molecule has 64 heavy (non-hydrogen) atoms. The summed E-state index contributed by atoms with van der Waals surface area (Å²) in [6.45, 7) is 3.30. The SMILES string of the molecule is C#Cc1cc(C#Cc2ccc(-c3c4nc(c(-c5ccccc5)c5ccc([nH]5)c(-c5ccccc5)c5nc(c(-c6ccccc6)c6ccc3[nH]6)C=C5)C=C4)cc2)cc(C#CC(C)(C)O)c1. The first kappa shape index (κ1) is 39.5. The second-order valence-corrected chi connectivity index (χ2v) is 16.2. The monoisotopic (exact) mass is 820 g/mol. The largest absolute Gasteiger partial charge is 0.378 e. The van der Waals surface area contributed by atoms with Gasteiger partial charge in [0.15, 0.2) is 0 Å². The molecule has 5 heterocycles. The Morgan fingerprint density at radius 3 is 1.14 bits per heavy atom. The molecule has 0 amide bonds. The number of hydrogen-bond acceptors (Lipinski definition) is 3. The number of aromatic nitrogens is 4. The van der Waals surface area contributed by atoms with Crippen LogP contribution in [0.1, 0.15) is 58.9 Å². The van der Waals surface area contributed by atoms with E-state index in [1.165, 1.54) is 0 Å². The number of rotatable bonds is 4. The number of nitrogens with zero attached hydrogens (tertiary/aromatic N) is 2. The number of hydrogen-bond donors (Lipinski definition) is 3. The highest BCUT2D eigenvalue weighted by Gasteiger charge is 2.19. The standard InChI is InChI=1S/C59H40N4O/c1-4-39-36-41(38-42(37-39)34-35-59(2,3)64)21-20-40-22-24-46(25-23-40)58-53-32-30-51(62-53)56(44-16-10-6-11-17-44)49-28-26-47(60-49)55(43-14-8-5-9-15-43)48-27-29-50(61-48)57(45-18-12-7-13-19-45)52-31-33-54(58)63-52/h1,5-19,22-33,36-38,60,63-64H,2-3H3. The zero-order chi connectivity index (χ0) is 43.6. The van der Waals surface area contributed by atoms with E-state index >= 15 is 0 Å². The number of fused-ring (bicyclic) bond motifs is 8. The highest BCUT2D eigenvalue weighted by molar-refractivity contribution is 5.99. The van der Waals surface area contributed by atoms with Gasteiger partial charge in [0.2, 0.25) is 0 Å². The van der Waals surface area contributed by atoms with Crippen LogP contribution in [0.3, 0.4) is 0 Å². The Morgan fingerprint density at radius 1 is 0.422 bits per heavy atom. The minimum atomic E-state index is -1.13. The summed E-state index contributed by atoms with van der Waals surface area (Å²) in [6.07, 6.45) is 14.2. The van der Waals surface area contributed by atoms with E-state index in [1.807, 2.05) is 48.5 Å². The lowest BCUT2D eigenvalue weighted by Crippen LogP contribution is -2.14. The summed E-state index contributed by atoms with van der Waals surface area (Å²) in [6, 6.07) is 53.7. The molecule has 0 spiro atoms. The van der Waals surface area contributed by atoms with Gasteiger partial charge in [0.05, 0.1) is 22.8 Å². The zero-order valence-electron chi connectivity index (χ0n) is 35.2. The van der Waals surface area contributed by atoms with E-state index in [0.717, 1.165) is 100 Å². The van der Waals surface area contributed by atoms with E-state index in [9.17, 15) is 5.11 Å². The van der Waals surface area contributed by atoms with Crippen LogP contribution in [0.25, 0.3) is 90.9 Å². The minimum absolute atomic E-state index is 0.674. The molecule has 302 valence electrons. The third-order valence-electron chi connectivity index (χ3n) is 11.1. The van der Waals surface area contributed by atoms with Gasteiger partial charge in [-0.25, -0.2) is 9.97 Å². The fourth-order valence-electron chi connectivity index (χ4n) is 8.18. The second kappa shape index (κ2) is 16.7. The molecule has 2 aliphatic heterocycles. The first-order valence-corrected chi connectivity index (χ1v) is 21.1. The topological polar surface area (TPSA) is 77.6 Å². The molecule has 3 N–H and O–H groups in total. The van der Waals surface area contributed by atoms with Gasteiger partial charge in [-0.05, 0) is 115 Å². The number of benzene rings is 5. The summed E-state index contributed by atoms with van der Waals surface area (Å²) >= 11 is 0. The molecule has 2 aliphatic rings. The molecule has 0 saturated heterocycles. The second-order valence-electron chi connectivity index (χ2n) is 16.2. The third-order valence-corrected chi connectivity index (χ3v) is 11.1. The average molecular weight is 821 g/mol. The predicted molar refractivity (Wildman–Crippen MR) is 264 cm³/mol. The Hall–Kier alpha value is -8.66. The van der Waals surface area contributed by atoms with Crippen LogP contribution in [-0.4, -0.2) is 30.6 Å². The molecule has 8 aromatic rings. The Balaban J connectivity index is 1.21. The Bertz CT molecular complexity index is 3480. The van der Waals surface area contributed by atoms with Crippen molar-refractivity contribution in [2.75, 3.05) is 0 Å². The van der Waals surface area contributed by atoms with Gasteiger partial charge in [-0.2, -0.15) is 0 Å². The molecule has 5 nitrogen and oxygen atoms in total.